The highest BCUT2D eigenvalue weighted by Gasteiger charge is 2.37. The zero-order valence-corrected chi connectivity index (χ0v) is 13.8. The summed E-state index contributed by atoms with van der Waals surface area (Å²) in [5.74, 6) is 1.39. The maximum Gasteiger partial charge on any atom is 0.0578 e. The molecular weight excluding hydrogens is 260 g/mol. The molecule has 0 amide bonds. The second-order valence-electron chi connectivity index (χ2n) is 7.77. The number of nitrogens with zero attached hydrogens (tertiary/aromatic N) is 1. The van der Waals surface area contributed by atoms with Gasteiger partial charge in [-0.25, -0.2) is 0 Å². The van der Waals surface area contributed by atoms with Gasteiger partial charge >= 0.3 is 0 Å². The third-order valence-corrected chi connectivity index (χ3v) is 5.96. The van der Waals surface area contributed by atoms with Crippen LogP contribution in [0.2, 0.25) is 0 Å². The normalized spacial score (nSPS) is 34.0. The molecule has 21 heavy (non-hydrogen) atoms. The number of hydrogen-bond acceptors (Lipinski definition) is 3. The van der Waals surface area contributed by atoms with Gasteiger partial charge in [-0.05, 0) is 56.9 Å². The zero-order valence-electron chi connectivity index (χ0n) is 13.8. The Bertz CT molecular complexity index is 312. The number of nitrogens with one attached hydrogen (secondary N) is 1. The van der Waals surface area contributed by atoms with Crippen molar-refractivity contribution in [2.24, 2.45) is 11.8 Å². The van der Waals surface area contributed by atoms with Crippen LogP contribution in [0, 0.1) is 11.8 Å². The number of aliphatic hydroxyl groups excluding tert-OH is 1. The van der Waals surface area contributed by atoms with Crippen LogP contribution in [0.4, 0.5) is 0 Å². The van der Waals surface area contributed by atoms with E-state index in [4.69, 9.17) is 0 Å². The van der Waals surface area contributed by atoms with Crippen molar-refractivity contribution >= 4 is 0 Å². The first-order valence-corrected chi connectivity index (χ1v) is 9.41. The molecule has 3 heteroatoms. The first kappa shape index (κ1) is 15.8. The zero-order chi connectivity index (χ0) is 14.7. The Morgan fingerprint density at radius 2 is 1.86 bits per heavy atom. The van der Waals surface area contributed by atoms with Crippen LogP contribution in [-0.2, 0) is 0 Å². The highest BCUT2D eigenvalue weighted by Crippen LogP contribution is 2.32. The fraction of sp³-hybridized carbons (Fsp3) is 1.00. The van der Waals surface area contributed by atoms with Crippen LogP contribution >= 0.6 is 0 Å². The van der Waals surface area contributed by atoms with Crippen LogP contribution in [0.1, 0.15) is 64.7 Å². The summed E-state index contributed by atoms with van der Waals surface area (Å²) in [5.41, 5.74) is 0. The predicted molar refractivity (Wildman–Crippen MR) is 87.4 cm³/mol. The van der Waals surface area contributed by atoms with Crippen molar-refractivity contribution in [2.45, 2.75) is 82.9 Å². The molecule has 3 unspecified atom stereocenters. The summed E-state index contributed by atoms with van der Waals surface area (Å²) in [7, 11) is 0. The topological polar surface area (TPSA) is 35.5 Å². The van der Waals surface area contributed by atoms with Gasteiger partial charge < -0.3 is 10.4 Å². The maximum absolute atomic E-state index is 10.3. The Morgan fingerprint density at radius 1 is 1.10 bits per heavy atom. The molecule has 0 aromatic carbocycles. The minimum atomic E-state index is -0.106. The summed E-state index contributed by atoms with van der Waals surface area (Å²) >= 11 is 0. The van der Waals surface area contributed by atoms with Crippen LogP contribution in [0.5, 0.6) is 0 Å². The second-order valence-corrected chi connectivity index (χ2v) is 7.77. The van der Waals surface area contributed by atoms with Gasteiger partial charge in [0.1, 0.15) is 0 Å². The second kappa shape index (κ2) is 7.43. The summed E-state index contributed by atoms with van der Waals surface area (Å²) < 4.78 is 0. The first-order chi connectivity index (χ1) is 10.3. The van der Waals surface area contributed by atoms with Crippen molar-refractivity contribution in [1.82, 2.24) is 10.2 Å². The SMILES string of the molecule is CCC(O)C1CC(NCC2CCCCC2)CN(C2CC2)C1. The number of piperidine rings is 1. The van der Waals surface area contributed by atoms with Gasteiger partial charge in [0.05, 0.1) is 6.10 Å². The quantitative estimate of drug-likeness (QED) is 0.791. The van der Waals surface area contributed by atoms with E-state index in [1.165, 1.54) is 64.5 Å². The van der Waals surface area contributed by atoms with Crippen molar-refractivity contribution in [2.75, 3.05) is 19.6 Å². The molecule has 3 fully saturated rings. The molecule has 0 aromatic heterocycles. The van der Waals surface area contributed by atoms with E-state index in [2.05, 4.69) is 17.1 Å². The lowest BCUT2D eigenvalue weighted by Gasteiger charge is -2.40. The molecule has 0 bridgehead atoms. The molecule has 3 aliphatic rings. The Morgan fingerprint density at radius 3 is 2.52 bits per heavy atom. The summed E-state index contributed by atoms with van der Waals surface area (Å²) in [6, 6.07) is 1.43. The fourth-order valence-corrected chi connectivity index (χ4v) is 4.40. The monoisotopic (exact) mass is 294 g/mol. The highest BCUT2D eigenvalue weighted by atomic mass is 16.3. The van der Waals surface area contributed by atoms with Gasteiger partial charge in [0.25, 0.3) is 0 Å². The van der Waals surface area contributed by atoms with Crippen LogP contribution in [0.25, 0.3) is 0 Å². The maximum atomic E-state index is 10.3. The molecule has 122 valence electrons. The van der Waals surface area contributed by atoms with Crippen molar-refractivity contribution in [3.05, 3.63) is 0 Å². The molecule has 3 atom stereocenters. The Balaban J connectivity index is 1.50. The number of aliphatic hydroxyl groups is 1. The molecular formula is C18H34N2O. The minimum absolute atomic E-state index is 0.106. The lowest BCUT2D eigenvalue weighted by atomic mass is 9.86. The molecule has 3 rings (SSSR count). The standard InChI is InChI=1S/C18H34N2O/c1-2-18(21)15-10-16(13-20(12-15)17-8-9-17)19-11-14-6-4-3-5-7-14/h14-19,21H,2-13H2,1H3. The Kier molecular flexibility index (Phi) is 5.58. The van der Waals surface area contributed by atoms with Crippen LogP contribution in [0.3, 0.4) is 0 Å². The summed E-state index contributed by atoms with van der Waals surface area (Å²) in [5, 5.41) is 14.1. The van der Waals surface area contributed by atoms with Crippen molar-refractivity contribution < 1.29 is 5.11 Å². The molecule has 0 spiro atoms. The molecule has 2 N–H and O–H groups in total. The van der Waals surface area contributed by atoms with Crippen LogP contribution < -0.4 is 5.32 Å². The summed E-state index contributed by atoms with van der Waals surface area (Å²) in [6.45, 7) is 5.66. The molecule has 0 radical (unpaired) electrons. The van der Waals surface area contributed by atoms with E-state index in [0.29, 0.717) is 12.0 Å². The third kappa shape index (κ3) is 4.43. The molecule has 3 nitrogen and oxygen atoms in total. The molecule has 2 aliphatic carbocycles. The lowest BCUT2D eigenvalue weighted by molar-refractivity contribution is 0.0317. The van der Waals surface area contributed by atoms with Gasteiger partial charge in [0.2, 0.25) is 0 Å². The van der Waals surface area contributed by atoms with Crippen molar-refractivity contribution in [3.8, 4) is 0 Å². The fourth-order valence-electron chi connectivity index (χ4n) is 4.40. The molecule has 0 aromatic rings. The van der Waals surface area contributed by atoms with E-state index in [1.807, 2.05) is 0 Å². The predicted octanol–water partition coefficient (Wildman–Crippen LogP) is 2.78. The average molecular weight is 294 g/mol. The lowest BCUT2D eigenvalue weighted by Crippen LogP contribution is -2.53. The largest absolute Gasteiger partial charge is 0.393 e. The molecule has 1 saturated heterocycles. The Labute approximate surface area is 130 Å². The molecule has 2 saturated carbocycles. The number of hydrogen-bond donors (Lipinski definition) is 2. The van der Waals surface area contributed by atoms with Gasteiger partial charge in [-0.2, -0.15) is 0 Å². The van der Waals surface area contributed by atoms with E-state index in [-0.39, 0.29) is 6.10 Å². The van der Waals surface area contributed by atoms with Gasteiger partial charge in [0.15, 0.2) is 0 Å². The van der Waals surface area contributed by atoms with Gasteiger partial charge in [0, 0.05) is 25.2 Å². The summed E-state index contributed by atoms with van der Waals surface area (Å²) in [4.78, 5) is 2.66. The van der Waals surface area contributed by atoms with E-state index >= 15 is 0 Å². The van der Waals surface area contributed by atoms with Crippen LogP contribution in [-0.4, -0.2) is 47.8 Å². The van der Waals surface area contributed by atoms with E-state index in [9.17, 15) is 5.11 Å². The summed E-state index contributed by atoms with van der Waals surface area (Å²) in [6.07, 6.45) is 11.9. The highest BCUT2D eigenvalue weighted by molar-refractivity contribution is 4.94. The van der Waals surface area contributed by atoms with Crippen LogP contribution in [0.15, 0.2) is 0 Å². The van der Waals surface area contributed by atoms with E-state index < -0.39 is 0 Å². The molecule has 1 aliphatic heterocycles. The van der Waals surface area contributed by atoms with Gasteiger partial charge in [-0.3, -0.25) is 4.90 Å². The average Bonchev–Trinajstić information content (AvgIpc) is 3.38. The minimum Gasteiger partial charge on any atom is -0.393 e. The first-order valence-electron chi connectivity index (χ1n) is 9.41. The van der Waals surface area contributed by atoms with E-state index in [0.717, 1.165) is 24.9 Å². The molecule has 1 heterocycles. The van der Waals surface area contributed by atoms with Crippen molar-refractivity contribution in [1.29, 1.82) is 0 Å². The number of likely N-dealkylation sites (tertiary alicyclic amines) is 1. The van der Waals surface area contributed by atoms with Gasteiger partial charge in [-0.15, -0.1) is 0 Å². The Hall–Kier alpha value is -0.120. The number of rotatable bonds is 6. The van der Waals surface area contributed by atoms with E-state index in [1.54, 1.807) is 0 Å². The smallest absolute Gasteiger partial charge is 0.0578 e. The third-order valence-electron chi connectivity index (χ3n) is 5.96. The van der Waals surface area contributed by atoms with Crippen molar-refractivity contribution in [3.63, 3.8) is 0 Å². The van der Waals surface area contributed by atoms with Gasteiger partial charge in [-0.1, -0.05) is 26.2 Å².